The predicted molar refractivity (Wildman–Crippen MR) is 73.2 cm³/mol. The van der Waals surface area contributed by atoms with E-state index in [0.717, 1.165) is 36.7 Å². The summed E-state index contributed by atoms with van der Waals surface area (Å²) in [6, 6.07) is 6.90. The Bertz CT molecular complexity index is 551. The van der Waals surface area contributed by atoms with Gasteiger partial charge in [-0.2, -0.15) is 0 Å². The molecule has 0 aliphatic carbocycles. The summed E-state index contributed by atoms with van der Waals surface area (Å²) >= 11 is 5.63. The van der Waals surface area contributed by atoms with E-state index in [1.54, 1.807) is 12.1 Å². The van der Waals surface area contributed by atoms with Crippen LogP contribution in [0.5, 0.6) is 0 Å². The monoisotopic (exact) mass is 266 g/mol. The summed E-state index contributed by atoms with van der Waals surface area (Å²) in [5.41, 5.74) is 1.19. The highest BCUT2D eigenvalue weighted by molar-refractivity contribution is 6.17. The van der Waals surface area contributed by atoms with Gasteiger partial charge in [-0.15, -0.1) is 11.6 Å². The average molecular weight is 267 g/mol. The number of hydrogen-bond donors (Lipinski definition) is 0. The van der Waals surface area contributed by atoms with Crippen LogP contribution in [0.25, 0.3) is 10.9 Å². The summed E-state index contributed by atoms with van der Waals surface area (Å²) in [5, 5.41) is 11.6. The molecule has 5 heteroatoms. The maximum Gasteiger partial charge on any atom is 0.270 e. The van der Waals surface area contributed by atoms with Gasteiger partial charge in [-0.25, -0.2) is 0 Å². The lowest BCUT2D eigenvalue weighted by Gasteiger charge is -2.04. The van der Waals surface area contributed by atoms with E-state index in [1.807, 2.05) is 18.3 Å². The molecule has 1 aromatic carbocycles. The van der Waals surface area contributed by atoms with Crippen molar-refractivity contribution >= 4 is 28.2 Å². The van der Waals surface area contributed by atoms with E-state index < -0.39 is 0 Å². The van der Waals surface area contributed by atoms with Crippen molar-refractivity contribution in [2.45, 2.75) is 25.8 Å². The Hall–Kier alpha value is -1.55. The minimum absolute atomic E-state index is 0.141. The van der Waals surface area contributed by atoms with E-state index in [9.17, 15) is 10.1 Å². The van der Waals surface area contributed by atoms with Crippen LogP contribution in [0.1, 0.15) is 19.3 Å². The molecular formula is C13H15ClN2O2. The van der Waals surface area contributed by atoms with Gasteiger partial charge in [0.1, 0.15) is 0 Å². The molecule has 0 N–H and O–H groups in total. The summed E-state index contributed by atoms with van der Waals surface area (Å²) in [6.07, 6.45) is 5.20. The molecule has 2 aromatic rings. The van der Waals surface area contributed by atoms with Gasteiger partial charge in [0.15, 0.2) is 0 Å². The van der Waals surface area contributed by atoms with E-state index in [2.05, 4.69) is 4.57 Å². The molecule has 0 saturated carbocycles. The van der Waals surface area contributed by atoms with Crippen LogP contribution in [-0.2, 0) is 6.54 Å². The van der Waals surface area contributed by atoms with E-state index in [-0.39, 0.29) is 10.6 Å². The minimum atomic E-state index is -0.364. The zero-order valence-corrected chi connectivity index (χ0v) is 10.8. The first-order chi connectivity index (χ1) is 8.72. The number of aromatic nitrogens is 1. The van der Waals surface area contributed by atoms with Crippen LogP contribution in [0.3, 0.4) is 0 Å². The van der Waals surface area contributed by atoms with Gasteiger partial charge in [0.2, 0.25) is 0 Å². The topological polar surface area (TPSA) is 48.1 Å². The zero-order chi connectivity index (χ0) is 13.0. The van der Waals surface area contributed by atoms with Crippen LogP contribution in [-0.4, -0.2) is 15.4 Å². The van der Waals surface area contributed by atoms with Gasteiger partial charge >= 0.3 is 0 Å². The Morgan fingerprint density at radius 3 is 2.78 bits per heavy atom. The van der Waals surface area contributed by atoms with E-state index in [1.165, 1.54) is 0 Å². The molecule has 0 bridgehead atoms. The number of alkyl halides is 1. The van der Waals surface area contributed by atoms with Gasteiger partial charge in [-0.3, -0.25) is 10.1 Å². The van der Waals surface area contributed by atoms with Gasteiger partial charge in [0.25, 0.3) is 5.69 Å². The summed E-state index contributed by atoms with van der Waals surface area (Å²) < 4.78 is 2.13. The van der Waals surface area contributed by atoms with Crippen LogP contribution in [0, 0.1) is 10.1 Å². The first-order valence-electron chi connectivity index (χ1n) is 6.01. The number of hydrogen-bond acceptors (Lipinski definition) is 2. The Kier molecular flexibility index (Phi) is 4.20. The van der Waals surface area contributed by atoms with Crippen LogP contribution in [0.4, 0.5) is 5.69 Å². The van der Waals surface area contributed by atoms with Gasteiger partial charge in [0, 0.05) is 41.7 Å². The third-order valence-corrected chi connectivity index (χ3v) is 3.27. The lowest BCUT2D eigenvalue weighted by Crippen LogP contribution is -1.96. The van der Waals surface area contributed by atoms with Crippen molar-refractivity contribution in [2.24, 2.45) is 0 Å². The van der Waals surface area contributed by atoms with Gasteiger partial charge in [0.05, 0.1) is 4.92 Å². The summed E-state index contributed by atoms with van der Waals surface area (Å²) in [6.45, 7) is 0.929. The molecule has 0 fully saturated rings. The Morgan fingerprint density at radius 1 is 1.22 bits per heavy atom. The fourth-order valence-corrected chi connectivity index (χ4v) is 2.24. The molecule has 96 valence electrons. The molecule has 1 heterocycles. The third-order valence-electron chi connectivity index (χ3n) is 3.00. The first-order valence-corrected chi connectivity index (χ1v) is 6.55. The van der Waals surface area contributed by atoms with E-state index in [4.69, 9.17) is 11.6 Å². The zero-order valence-electron chi connectivity index (χ0n) is 10.0. The normalized spacial score (nSPS) is 10.9. The number of unbranched alkanes of at least 4 members (excludes halogenated alkanes) is 2. The second kappa shape index (κ2) is 5.87. The Morgan fingerprint density at radius 2 is 2.06 bits per heavy atom. The fraction of sp³-hybridized carbons (Fsp3) is 0.385. The molecule has 0 spiro atoms. The Labute approximate surface area is 110 Å². The van der Waals surface area contributed by atoms with Gasteiger partial charge in [-0.05, 0) is 25.0 Å². The quantitative estimate of drug-likeness (QED) is 0.344. The highest BCUT2D eigenvalue weighted by Gasteiger charge is 2.08. The highest BCUT2D eigenvalue weighted by Crippen LogP contribution is 2.22. The van der Waals surface area contributed by atoms with Crippen molar-refractivity contribution in [1.29, 1.82) is 0 Å². The smallest absolute Gasteiger partial charge is 0.270 e. The largest absolute Gasteiger partial charge is 0.347 e. The number of benzene rings is 1. The molecule has 0 aliphatic heterocycles. The standard InChI is InChI=1S/C13H15ClN2O2/c14-7-2-1-3-8-15-9-6-11-10-12(16(17)18)4-5-13(11)15/h4-6,9-10H,1-3,7-8H2. The molecule has 0 atom stereocenters. The number of non-ortho nitro benzene ring substituents is 1. The third kappa shape index (κ3) is 2.82. The van der Waals surface area contributed by atoms with Crippen molar-refractivity contribution in [2.75, 3.05) is 5.88 Å². The van der Waals surface area contributed by atoms with Crippen molar-refractivity contribution in [3.63, 3.8) is 0 Å². The molecule has 0 aliphatic rings. The molecule has 18 heavy (non-hydrogen) atoms. The minimum Gasteiger partial charge on any atom is -0.347 e. The maximum atomic E-state index is 10.7. The molecule has 0 radical (unpaired) electrons. The lowest BCUT2D eigenvalue weighted by molar-refractivity contribution is -0.384. The molecule has 4 nitrogen and oxygen atoms in total. The van der Waals surface area contributed by atoms with Crippen molar-refractivity contribution in [3.05, 3.63) is 40.6 Å². The van der Waals surface area contributed by atoms with E-state index >= 15 is 0 Å². The number of nitro benzene ring substituents is 1. The number of fused-ring (bicyclic) bond motifs is 1. The number of nitro groups is 1. The SMILES string of the molecule is O=[N+]([O-])c1ccc2c(ccn2CCCCCCl)c1. The molecule has 1 aromatic heterocycles. The van der Waals surface area contributed by atoms with Crippen molar-refractivity contribution < 1.29 is 4.92 Å². The second-order valence-corrected chi connectivity index (χ2v) is 4.64. The van der Waals surface area contributed by atoms with Crippen LogP contribution >= 0.6 is 11.6 Å². The summed E-state index contributed by atoms with van der Waals surface area (Å²) in [5.74, 6) is 0.707. The molecule has 2 rings (SSSR count). The molecule has 0 amide bonds. The number of rotatable bonds is 6. The lowest BCUT2D eigenvalue weighted by atomic mass is 10.2. The summed E-state index contributed by atoms with van der Waals surface area (Å²) in [4.78, 5) is 10.3. The number of aryl methyl sites for hydroxylation is 1. The van der Waals surface area contributed by atoms with Crippen LogP contribution in [0.2, 0.25) is 0 Å². The summed E-state index contributed by atoms with van der Waals surface area (Å²) in [7, 11) is 0. The van der Waals surface area contributed by atoms with Crippen LogP contribution in [0.15, 0.2) is 30.5 Å². The number of halogens is 1. The van der Waals surface area contributed by atoms with Crippen molar-refractivity contribution in [1.82, 2.24) is 4.57 Å². The first kappa shape index (κ1) is 12.9. The van der Waals surface area contributed by atoms with Crippen LogP contribution < -0.4 is 0 Å². The van der Waals surface area contributed by atoms with Gasteiger partial charge in [-0.1, -0.05) is 6.42 Å². The van der Waals surface area contributed by atoms with E-state index in [0.29, 0.717) is 5.88 Å². The average Bonchev–Trinajstić information content (AvgIpc) is 2.77. The maximum absolute atomic E-state index is 10.7. The highest BCUT2D eigenvalue weighted by atomic mass is 35.5. The second-order valence-electron chi connectivity index (χ2n) is 4.26. The molecule has 0 unspecified atom stereocenters. The fourth-order valence-electron chi connectivity index (χ4n) is 2.05. The predicted octanol–water partition coefficient (Wildman–Crippen LogP) is 3.96. The van der Waals surface area contributed by atoms with Crippen molar-refractivity contribution in [3.8, 4) is 0 Å². The van der Waals surface area contributed by atoms with Gasteiger partial charge < -0.3 is 4.57 Å². The molecular weight excluding hydrogens is 252 g/mol. The number of nitrogens with zero attached hydrogens (tertiary/aromatic N) is 2. The molecule has 0 saturated heterocycles. The Balaban J connectivity index is 2.13.